The van der Waals surface area contributed by atoms with Gasteiger partial charge in [0, 0.05) is 0 Å². The van der Waals surface area contributed by atoms with E-state index in [4.69, 9.17) is 11.1 Å². The molecule has 74 valence electrons. The Morgan fingerprint density at radius 1 is 1.25 bits per heavy atom. The second-order valence-corrected chi connectivity index (χ2v) is 12.7. The van der Waals surface area contributed by atoms with Gasteiger partial charge < -0.3 is 0 Å². The first kappa shape index (κ1) is 12.5. The number of hydrogen-bond acceptors (Lipinski definition) is 0. The molecule has 0 saturated carbocycles. The quantitative estimate of drug-likeness (QED) is 0.471. The summed E-state index contributed by atoms with van der Waals surface area (Å²) in [5.41, 5.74) is 0.454. The Labute approximate surface area is 83.4 Å². The van der Waals surface area contributed by atoms with Gasteiger partial charge in [-0.1, -0.05) is 40.8 Å². The molecule has 0 rings (SSSR count). The topological polar surface area (TPSA) is 0 Å². The highest BCUT2D eigenvalue weighted by Crippen LogP contribution is 2.30. The molecule has 0 radical (unpaired) electrons. The lowest BCUT2D eigenvalue weighted by Gasteiger charge is -2.26. The molecule has 0 amide bonds. The molecule has 0 bridgehead atoms. The fraction of sp³-hybridized carbons (Fsp3) is 1.00. The summed E-state index contributed by atoms with van der Waals surface area (Å²) < 4.78 is 0. The van der Waals surface area contributed by atoms with Gasteiger partial charge in [0.1, 0.15) is 0 Å². The molecular formula is C10H23ClSi. The van der Waals surface area contributed by atoms with Crippen LogP contribution in [0.5, 0.6) is 0 Å². The molecule has 0 aromatic heterocycles. The van der Waals surface area contributed by atoms with E-state index < -0.39 is 7.38 Å². The second kappa shape index (κ2) is 4.14. The summed E-state index contributed by atoms with van der Waals surface area (Å²) in [6.45, 7) is 13.7. The van der Waals surface area contributed by atoms with Crippen LogP contribution in [0.2, 0.25) is 19.1 Å². The number of hydrogen-bond donors (Lipinski definition) is 0. The van der Waals surface area contributed by atoms with Crippen molar-refractivity contribution in [3.8, 4) is 0 Å². The van der Waals surface area contributed by atoms with Gasteiger partial charge in [0.05, 0.1) is 0 Å². The monoisotopic (exact) mass is 206 g/mol. The Morgan fingerprint density at radius 3 is 1.92 bits per heavy atom. The zero-order valence-corrected chi connectivity index (χ0v) is 11.1. The van der Waals surface area contributed by atoms with E-state index in [9.17, 15) is 0 Å². The van der Waals surface area contributed by atoms with Gasteiger partial charge in [-0.2, -0.15) is 11.1 Å². The molecule has 0 aliphatic carbocycles. The standard InChI is InChI=1S/C10H23ClSi/c1-9(7-10(2,3)4)8-12(5,6)11/h9H,7-8H2,1-6H3. The molecule has 0 N–H and O–H groups in total. The summed E-state index contributed by atoms with van der Waals surface area (Å²) >= 11 is 6.30. The maximum Gasteiger partial charge on any atom is 0.150 e. The van der Waals surface area contributed by atoms with Crippen LogP contribution in [-0.2, 0) is 0 Å². The van der Waals surface area contributed by atoms with Crippen molar-refractivity contribution < 1.29 is 0 Å². The molecule has 0 spiro atoms. The van der Waals surface area contributed by atoms with Crippen molar-refractivity contribution in [1.29, 1.82) is 0 Å². The minimum absolute atomic E-state index is 0.454. The van der Waals surface area contributed by atoms with Crippen molar-refractivity contribution in [2.45, 2.75) is 53.3 Å². The lowest BCUT2D eigenvalue weighted by molar-refractivity contribution is 0.319. The Kier molecular flexibility index (Phi) is 4.32. The van der Waals surface area contributed by atoms with Gasteiger partial charge in [-0.3, -0.25) is 0 Å². The lowest BCUT2D eigenvalue weighted by atomic mass is 9.86. The Balaban J connectivity index is 3.83. The molecule has 0 aliphatic heterocycles. The van der Waals surface area contributed by atoms with E-state index >= 15 is 0 Å². The van der Waals surface area contributed by atoms with Crippen LogP contribution < -0.4 is 0 Å². The molecule has 1 unspecified atom stereocenters. The van der Waals surface area contributed by atoms with Crippen molar-refractivity contribution in [3.63, 3.8) is 0 Å². The van der Waals surface area contributed by atoms with Crippen LogP contribution in [0.25, 0.3) is 0 Å². The largest absolute Gasteiger partial charge is 0.168 e. The van der Waals surface area contributed by atoms with Crippen LogP contribution in [-0.4, -0.2) is 7.38 Å². The van der Waals surface area contributed by atoms with Crippen LogP contribution >= 0.6 is 11.1 Å². The third-order valence-corrected chi connectivity index (χ3v) is 3.93. The molecule has 2 heteroatoms. The summed E-state index contributed by atoms with van der Waals surface area (Å²) in [5, 5.41) is 0. The van der Waals surface area contributed by atoms with Crippen molar-refractivity contribution in [1.82, 2.24) is 0 Å². The van der Waals surface area contributed by atoms with Crippen molar-refractivity contribution >= 4 is 18.5 Å². The van der Waals surface area contributed by atoms with E-state index in [2.05, 4.69) is 40.8 Å². The average molecular weight is 207 g/mol. The van der Waals surface area contributed by atoms with E-state index in [-0.39, 0.29) is 0 Å². The van der Waals surface area contributed by atoms with Gasteiger partial charge >= 0.3 is 0 Å². The molecule has 0 heterocycles. The van der Waals surface area contributed by atoms with E-state index in [0.29, 0.717) is 5.41 Å². The fourth-order valence-corrected chi connectivity index (χ4v) is 4.54. The van der Waals surface area contributed by atoms with Gasteiger partial charge in [0.25, 0.3) is 0 Å². The van der Waals surface area contributed by atoms with Crippen molar-refractivity contribution in [3.05, 3.63) is 0 Å². The van der Waals surface area contributed by atoms with Crippen LogP contribution in [0, 0.1) is 11.3 Å². The minimum atomic E-state index is -1.35. The summed E-state index contributed by atoms with van der Waals surface area (Å²) in [5.74, 6) is 0.782. The first-order valence-electron chi connectivity index (χ1n) is 4.79. The van der Waals surface area contributed by atoms with E-state index in [1.807, 2.05) is 0 Å². The zero-order chi connectivity index (χ0) is 9.99. The first-order valence-corrected chi connectivity index (χ1v) is 9.01. The molecule has 12 heavy (non-hydrogen) atoms. The van der Waals surface area contributed by atoms with Gasteiger partial charge in [-0.15, -0.1) is 0 Å². The van der Waals surface area contributed by atoms with Gasteiger partial charge in [0.15, 0.2) is 7.38 Å². The molecule has 0 nitrogen and oxygen atoms in total. The molecule has 0 saturated heterocycles. The van der Waals surface area contributed by atoms with Gasteiger partial charge in [0.2, 0.25) is 0 Å². The molecule has 0 aromatic rings. The summed E-state index contributed by atoms with van der Waals surface area (Å²) in [4.78, 5) is 0. The normalized spacial score (nSPS) is 16.2. The highest BCUT2D eigenvalue weighted by molar-refractivity contribution is 7.19. The van der Waals surface area contributed by atoms with Crippen LogP contribution in [0.4, 0.5) is 0 Å². The van der Waals surface area contributed by atoms with Crippen LogP contribution in [0.3, 0.4) is 0 Å². The molecule has 0 aromatic carbocycles. The Bertz CT molecular complexity index is 114. The smallest absolute Gasteiger partial charge is 0.150 e. The number of rotatable bonds is 3. The average Bonchev–Trinajstić information content (AvgIpc) is 1.49. The molecular weight excluding hydrogens is 184 g/mol. The Hall–Kier alpha value is 0.507. The predicted octanol–water partition coefficient (Wildman–Crippen LogP) is 4.50. The zero-order valence-electron chi connectivity index (χ0n) is 9.37. The lowest BCUT2D eigenvalue weighted by Crippen LogP contribution is -2.22. The van der Waals surface area contributed by atoms with Gasteiger partial charge in [-0.25, -0.2) is 0 Å². The highest BCUT2D eigenvalue weighted by atomic mass is 35.6. The summed E-state index contributed by atoms with van der Waals surface area (Å²) in [6, 6.07) is 1.24. The molecule has 0 fully saturated rings. The van der Waals surface area contributed by atoms with E-state index in [1.165, 1.54) is 12.5 Å². The van der Waals surface area contributed by atoms with Crippen molar-refractivity contribution in [2.24, 2.45) is 11.3 Å². The summed E-state index contributed by atoms with van der Waals surface area (Å²) in [7, 11) is -1.35. The number of halogens is 1. The second-order valence-electron chi connectivity index (χ2n) is 5.79. The minimum Gasteiger partial charge on any atom is -0.168 e. The molecule has 1 atom stereocenters. The van der Waals surface area contributed by atoms with E-state index in [1.54, 1.807) is 0 Å². The van der Waals surface area contributed by atoms with E-state index in [0.717, 1.165) is 5.92 Å². The third-order valence-electron chi connectivity index (χ3n) is 1.79. The summed E-state index contributed by atoms with van der Waals surface area (Å²) in [6.07, 6.45) is 1.29. The third kappa shape index (κ3) is 8.60. The predicted molar refractivity (Wildman–Crippen MR) is 61.4 cm³/mol. The van der Waals surface area contributed by atoms with Crippen LogP contribution in [0.15, 0.2) is 0 Å². The van der Waals surface area contributed by atoms with Crippen molar-refractivity contribution in [2.75, 3.05) is 0 Å². The SMILES string of the molecule is CC(CC(C)(C)C)C[Si](C)(C)Cl. The highest BCUT2D eigenvalue weighted by Gasteiger charge is 2.23. The van der Waals surface area contributed by atoms with Crippen LogP contribution in [0.1, 0.15) is 34.1 Å². The maximum absolute atomic E-state index is 6.30. The Morgan fingerprint density at radius 2 is 1.67 bits per heavy atom. The fourth-order valence-electron chi connectivity index (χ4n) is 1.95. The maximum atomic E-state index is 6.30. The first-order chi connectivity index (χ1) is 5.10. The molecule has 0 aliphatic rings. The van der Waals surface area contributed by atoms with Gasteiger partial charge in [-0.05, 0) is 23.8 Å².